The van der Waals surface area contributed by atoms with Gasteiger partial charge in [0.1, 0.15) is 11.6 Å². The molecule has 11 heteroatoms. The van der Waals surface area contributed by atoms with Crippen LogP contribution in [0.4, 0.5) is 10.5 Å². The van der Waals surface area contributed by atoms with E-state index in [9.17, 15) is 24.7 Å². The fraction of sp³-hybridized carbons (Fsp3) is 0.440. The van der Waals surface area contributed by atoms with Gasteiger partial charge < -0.3 is 19.6 Å². The van der Waals surface area contributed by atoms with Crippen molar-refractivity contribution in [3.05, 3.63) is 54.2 Å². The highest BCUT2D eigenvalue weighted by atomic mass is 16.5. The van der Waals surface area contributed by atoms with Gasteiger partial charge in [0.25, 0.3) is 0 Å². The van der Waals surface area contributed by atoms with E-state index in [0.717, 1.165) is 16.3 Å². The van der Waals surface area contributed by atoms with Crippen LogP contribution in [0.3, 0.4) is 0 Å². The first-order valence-electron chi connectivity index (χ1n) is 11.9. The van der Waals surface area contributed by atoms with Crippen LogP contribution < -0.4 is 15.1 Å². The van der Waals surface area contributed by atoms with Crippen molar-refractivity contribution in [3.63, 3.8) is 0 Å². The van der Waals surface area contributed by atoms with Gasteiger partial charge in [-0.3, -0.25) is 19.7 Å². The number of hydroxylamine groups is 1. The zero-order valence-electron chi connectivity index (χ0n) is 20.3. The Bertz CT molecular complexity index is 1110. The molecule has 0 aliphatic carbocycles. The van der Waals surface area contributed by atoms with Gasteiger partial charge in [0.15, 0.2) is 0 Å². The van der Waals surface area contributed by atoms with E-state index in [-0.39, 0.29) is 13.0 Å². The Labute approximate surface area is 209 Å². The maximum absolute atomic E-state index is 13.9. The summed E-state index contributed by atoms with van der Waals surface area (Å²) in [5.41, 5.74) is 1.66. The molecular weight excluding hydrogens is 466 g/mol. The van der Waals surface area contributed by atoms with Gasteiger partial charge in [-0.25, -0.2) is 15.3 Å². The lowest BCUT2D eigenvalue weighted by Crippen LogP contribution is -2.71. The van der Waals surface area contributed by atoms with Crippen LogP contribution in [0.5, 0.6) is 5.88 Å². The molecule has 2 aliphatic heterocycles. The predicted octanol–water partition coefficient (Wildman–Crippen LogP) is 1.75. The maximum atomic E-state index is 13.9. The predicted molar refractivity (Wildman–Crippen MR) is 130 cm³/mol. The molecule has 1 aromatic carbocycles. The number of nitrogens with zero attached hydrogens (tertiary/aromatic N) is 4. The van der Waals surface area contributed by atoms with Crippen molar-refractivity contribution in [1.29, 1.82) is 0 Å². The summed E-state index contributed by atoms with van der Waals surface area (Å²) in [4.78, 5) is 48.0. The molecule has 4 rings (SSSR count). The molecule has 2 aliphatic rings. The van der Waals surface area contributed by atoms with E-state index >= 15 is 0 Å². The van der Waals surface area contributed by atoms with Crippen molar-refractivity contribution in [2.75, 3.05) is 37.6 Å². The highest BCUT2D eigenvalue weighted by Crippen LogP contribution is 2.37. The van der Waals surface area contributed by atoms with Crippen LogP contribution in [0.2, 0.25) is 0 Å². The molecule has 0 bridgehead atoms. The van der Waals surface area contributed by atoms with Crippen molar-refractivity contribution >= 4 is 23.6 Å². The molecule has 3 heterocycles. The number of piperazine rings is 1. The summed E-state index contributed by atoms with van der Waals surface area (Å²) >= 11 is 0. The Morgan fingerprint density at radius 3 is 2.36 bits per heavy atom. The molecule has 0 unspecified atom stereocenters. The van der Waals surface area contributed by atoms with Crippen molar-refractivity contribution in [3.8, 4) is 5.88 Å². The first-order valence-corrected chi connectivity index (χ1v) is 11.9. The van der Waals surface area contributed by atoms with E-state index < -0.39 is 35.5 Å². The van der Waals surface area contributed by atoms with Crippen LogP contribution >= 0.6 is 0 Å². The Morgan fingerprint density at radius 2 is 1.75 bits per heavy atom. The van der Waals surface area contributed by atoms with Gasteiger partial charge in [-0.05, 0) is 32.0 Å². The Hall–Kier alpha value is -3.86. The second-order valence-electron chi connectivity index (χ2n) is 9.28. The molecule has 0 spiro atoms. The SMILES string of the molecule is Cc1cccc(O[C@H]2C[C@H](C(=O)NO)[C@@](C)(C(=O)N3CCN(c4ccccc4)CC3)N(C(=O)O)C2)n1. The number of aromatic nitrogens is 1. The molecule has 3 amide bonds. The van der Waals surface area contributed by atoms with Crippen LogP contribution in [-0.2, 0) is 9.59 Å². The smallest absolute Gasteiger partial charge is 0.408 e. The number of carbonyl (C=O) groups is 3. The van der Waals surface area contributed by atoms with Gasteiger partial charge >= 0.3 is 6.09 Å². The van der Waals surface area contributed by atoms with E-state index in [1.165, 1.54) is 6.92 Å². The molecule has 2 fully saturated rings. The first-order chi connectivity index (χ1) is 17.2. The van der Waals surface area contributed by atoms with Crippen molar-refractivity contribution in [1.82, 2.24) is 20.3 Å². The number of piperidine rings is 1. The lowest BCUT2D eigenvalue weighted by atomic mass is 9.75. The number of pyridine rings is 1. The van der Waals surface area contributed by atoms with E-state index in [2.05, 4.69) is 9.88 Å². The molecule has 36 heavy (non-hydrogen) atoms. The lowest BCUT2D eigenvalue weighted by Gasteiger charge is -2.50. The van der Waals surface area contributed by atoms with Crippen LogP contribution in [0.1, 0.15) is 19.0 Å². The molecule has 3 atom stereocenters. The van der Waals surface area contributed by atoms with Crippen LogP contribution in [0.25, 0.3) is 0 Å². The Kier molecular flexibility index (Phi) is 7.30. The number of hydrogen-bond acceptors (Lipinski definition) is 7. The van der Waals surface area contributed by atoms with Crippen LogP contribution in [-0.4, -0.2) is 87.4 Å². The second kappa shape index (κ2) is 10.4. The van der Waals surface area contributed by atoms with E-state index in [1.807, 2.05) is 30.3 Å². The monoisotopic (exact) mass is 497 g/mol. The van der Waals surface area contributed by atoms with Gasteiger partial charge in [-0.15, -0.1) is 0 Å². The zero-order valence-corrected chi connectivity index (χ0v) is 20.3. The molecule has 0 radical (unpaired) electrons. The summed E-state index contributed by atoms with van der Waals surface area (Å²) in [7, 11) is 0. The number of amides is 3. The molecule has 192 valence electrons. The van der Waals surface area contributed by atoms with Gasteiger partial charge in [0.2, 0.25) is 17.7 Å². The second-order valence-corrected chi connectivity index (χ2v) is 9.28. The fourth-order valence-electron chi connectivity index (χ4n) is 5.10. The van der Waals surface area contributed by atoms with E-state index in [0.29, 0.717) is 32.1 Å². The van der Waals surface area contributed by atoms with Crippen molar-refractivity contribution < 1.29 is 29.4 Å². The third-order valence-electron chi connectivity index (χ3n) is 7.05. The molecule has 0 saturated carbocycles. The van der Waals surface area contributed by atoms with Crippen LogP contribution in [0, 0.1) is 12.8 Å². The average Bonchev–Trinajstić information content (AvgIpc) is 2.89. The van der Waals surface area contributed by atoms with Crippen LogP contribution in [0.15, 0.2) is 48.5 Å². The number of benzene rings is 1. The van der Waals surface area contributed by atoms with Gasteiger partial charge in [-0.1, -0.05) is 24.3 Å². The lowest BCUT2D eigenvalue weighted by molar-refractivity contribution is -0.161. The van der Waals surface area contributed by atoms with Crippen molar-refractivity contribution in [2.24, 2.45) is 5.92 Å². The molecule has 1 aromatic heterocycles. The molecular formula is C25H31N5O6. The number of rotatable bonds is 5. The van der Waals surface area contributed by atoms with Gasteiger partial charge in [-0.2, -0.15) is 0 Å². The maximum Gasteiger partial charge on any atom is 0.408 e. The van der Waals surface area contributed by atoms with Crippen molar-refractivity contribution in [2.45, 2.75) is 31.9 Å². The summed E-state index contributed by atoms with van der Waals surface area (Å²) in [6, 6.07) is 15.0. The minimum Gasteiger partial charge on any atom is -0.472 e. The number of ether oxygens (including phenoxy) is 1. The Balaban J connectivity index is 1.56. The number of carboxylic acid groups (broad SMARTS) is 1. The normalized spacial score (nSPS) is 24.2. The van der Waals surface area contributed by atoms with E-state index in [1.54, 1.807) is 35.5 Å². The third-order valence-corrected chi connectivity index (χ3v) is 7.05. The number of aryl methyl sites for hydroxylation is 1. The fourth-order valence-corrected chi connectivity index (χ4v) is 5.10. The highest BCUT2D eigenvalue weighted by molar-refractivity contribution is 5.96. The summed E-state index contributed by atoms with van der Waals surface area (Å²) in [6.45, 7) is 5.00. The van der Waals surface area contributed by atoms with Gasteiger partial charge in [0.05, 0.1) is 12.5 Å². The third kappa shape index (κ3) is 4.92. The summed E-state index contributed by atoms with van der Waals surface area (Å²) < 4.78 is 5.91. The molecule has 11 nitrogen and oxygen atoms in total. The molecule has 2 saturated heterocycles. The van der Waals surface area contributed by atoms with E-state index in [4.69, 9.17) is 4.74 Å². The number of para-hydroxylation sites is 1. The summed E-state index contributed by atoms with van der Waals surface area (Å²) in [5, 5.41) is 19.6. The largest absolute Gasteiger partial charge is 0.472 e. The minimum absolute atomic E-state index is 0.0258. The summed E-state index contributed by atoms with van der Waals surface area (Å²) in [5.74, 6) is -2.20. The quantitative estimate of drug-likeness (QED) is 0.420. The van der Waals surface area contributed by atoms with Gasteiger partial charge in [0, 0.05) is 50.0 Å². The zero-order chi connectivity index (χ0) is 25.9. The summed E-state index contributed by atoms with van der Waals surface area (Å²) in [6.07, 6.45) is -2.07. The minimum atomic E-state index is -1.73. The average molecular weight is 498 g/mol. The number of hydrogen-bond donors (Lipinski definition) is 3. The standard InChI is InChI=1S/C25H31N5O6/c1-17-7-6-10-21(26-17)36-19-15-20(22(31)27-35)25(2,30(16-19)24(33)34)23(32)29-13-11-28(12-14-29)18-8-4-3-5-9-18/h3-10,19-20,35H,11-16H2,1-2H3,(H,27,31)(H,33,34)/t19-,20+,25-/m0/s1. The molecule has 3 N–H and O–H groups in total. The number of carbonyl (C=O) groups excluding carboxylic acids is 2. The topological polar surface area (TPSA) is 136 Å². The number of anilines is 1. The number of nitrogens with one attached hydrogen (secondary N) is 1. The number of likely N-dealkylation sites (tertiary alicyclic amines) is 1. The highest BCUT2D eigenvalue weighted by Gasteiger charge is 2.57. The first kappa shape index (κ1) is 25.2. The Morgan fingerprint density at radius 1 is 1.06 bits per heavy atom. The molecule has 2 aromatic rings.